The monoisotopic (exact) mass is 358 g/mol. The van der Waals surface area contributed by atoms with Crippen LogP contribution in [0.5, 0.6) is 11.5 Å². The molecule has 2 aromatic carbocycles. The van der Waals surface area contributed by atoms with Gasteiger partial charge in [0.2, 0.25) is 5.91 Å². The summed E-state index contributed by atoms with van der Waals surface area (Å²) in [5.41, 5.74) is 1.39. The summed E-state index contributed by atoms with van der Waals surface area (Å²) in [6.07, 6.45) is 0.0924. The summed E-state index contributed by atoms with van der Waals surface area (Å²) in [6.45, 7) is 2.56. The number of halogens is 1. The van der Waals surface area contributed by atoms with Crippen molar-refractivity contribution in [2.75, 3.05) is 45.3 Å². The maximum atomic E-state index is 13.8. The fraction of sp³-hybridized carbons (Fsp3) is 0.350. The van der Waals surface area contributed by atoms with Crippen LogP contribution in [-0.2, 0) is 11.2 Å². The second-order valence-electron chi connectivity index (χ2n) is 6.17. The van der Waals surface area contributed by atoms with Crippen LogP contribution >= 0.6 is 0 Å². The first kappa shape index (κ1) is 18.0. The average molecular weight is 358 g/mol. The Hall–Kier alpha value is -2.76. The zero-order chi connectivity index (χ0) is 18.5. The van der Waals surface area contributed by atoms with Crippen molar-refractivity contribution >= 4 is 11.6 Å². The number of rotatable bonds is 5. The van der Waals surface area contributed by atoms with Crippen molar-refractivity contribution in [1.29, 1.82) is 0 Å². The van der Waals surface area contributed by atoms with E-state index in [2.05, 4.69) is 4.90 Å². The molecule has 0 atom stereocenters. The number of nitrogens with zero attached hydrogens (tertiary/aromatic N) is 2. The molecule has 3 rings (SSSR count). The summed E-state index contributed by atoms with van der Waals surface area (Å²) in [5.74, 6) is 1.16. The molecule has 1 heterocycles. The van der Waals surface area contributed by atoms with Gasteiger partial charge in [-0.1, -0.05) is 18.2 Å². The van der Waals surface area contributed by atoms with Gasteiger partial charge in [0.05, 0.1) is 26.3 Å². The molecule has 1 aliphatic heterocycles. The molecule has 26 heavy (non-hydrogen) atoms. The number of ether oxygens (including phenoxy) is 2. The van der Waals surface area contributed by atoms with Crippen LogP contribution in [-0.4, -0.2) is 51.2 Å². The van der Waals surface area contributed by atoms with E-state index in [0.29, 0.717) is 31.7 Å². The van der Waals surface area contributed by atoms with Gasteiger partial charge < -0.3 is 19.3 Å². The van der Waals surface area contributed by atoms with Gasteiger partial charge in [-0.25, -0.2) is 4.39 Å². The van der Waals surface area contributed by atoms with E-state index in [1.54, 1.807) is 37.3 Å². The van der Waals surface area contributed by atoms with Gasteiger partial charge in [-0.3, -0.25) is 4.79 Å². The number of carbonyl (C=O) groups is 1. The quantitative estimate of drug-likeness (QED) is 0.824. The molecule has 0 saturated carbocycles. The maximum absolute atomic E-state index is 13.8. The van der Waals surface area contributed by atoms with Crippen molar-refractivity contribution in [3.8, 4) is 11.5 Å². The summed E-state index contributed by atoms with van der Waals surface area (Å²) in [4.78, 5) is 16.4. The Morgan fingerprint density at radius 3 is 2.42 bits per heavy atom. The minimum absolute atomic E-state index is 0.0487. The highest BCUT2D eigenvalue weighted by molar-refractivity contribution is 5.79. The molecular weight excluding hydrogens is 335 g/mol. The molecule has 2 aromatic rings. The van der Waals surface area contributed by atoms with Gasteiger partial charge in [0.15, 0.2) is 0 Å². The second-order valence-corrected chi connectivity index (χ2v) is 6.17. The standard InChI is InChI=1S/C20H23FN2O3/c1-25-16-7-8-19(26-2)18(14-16)22-9-11-23(12-10-22)20(24)13-15-5-3-4-6-17(15)21/h3-8,14H,9-13H2,1-2H3. The predicted octanol–water partition coefficient (Wildman–Crippen LogP) is 2.73. The Bertz CT molecular complexity index is 773. The Morgan fingerprint density at radius 1 is 1.04 bits per heavy atom. The zero-order valence-corrected chi connectivity index (χ0v) is 15.1. The SMILES string of the molecule is COc1ccc(OC)c(N2CCN(C(=O)Cc3ccccc3F)CC2)c1. The van der Waals surface area contributed by atoms with Crippen LogP contribution in [0.25, 0.3) is 0 Å². The van der Waals surface area contributed by atoms with E-state index in [1.807, 2.05) is 18.2 Å². The first-order valence-electron chi connectivity index (χ1n) is 8.60. The average Bonchev–Trinajstić information content (AvgIpc) is 2.69. The Kier molecular flexibility index (Phi) is 5.61. The minimum Gasteiger partial charge on any atom is -0.497 e. The van der Waals surface area contributed by atoms with Crippen LogP contribution in [0.4, 0.5) is 10.1 Å². The lowest BCUT2D eigenvalue weighted by Gasteiger charge is -2.36. The third-order valence-electron chi connectivity index (χ3n) is 4.66. The molecule has 6 heteroatoms. The summed E-state index contributed by atoms with van der Waals surface area (Å²) < 4.78 is 24.5. The van der Waals surface area contributed by atoms with E-state index in [-0.39, 0.29) is 18.1 Å². The highest BCUT2D eigenvalue weighted by Gasteiger charge is 2.24. The minimum atomic E-state index is -0.333. The number of carbonyl (C=O) groups excluding carboxylic acids is 1. The van der Waals surface area contributed by atoms with Crippen LogP contribution < -0.4 is 14.4 Å². The summed E-state index contributed by atoms with van der Waals surface area (Å²) in [5, 5.41) is 0. The number of amides is 1. The van der Waals surface area contributed by atoms with Gasteiger partial charge in [-0.05, 0) is 23.8 Å². The van der Waals surface area contributed by atoms with Crippen molar-refractivity contribution in [1.82, 2.24) is 4.90 Å². The van der Waals surface area contributed by atoms with Crippen LogP contribution in [0, 0.1) is 5.82 Å². The number of hydrogen-bond acceptors (Lipinski definition) is 4. The maximum Gasteiger partial charge on any atom is 0.227 e. The van der Waals surface area contributed by atoms with E-state index < -0.39 is 0 Å². The number of anilines is 1. The number of benzene rings is 2. The molecule has 0 bridgehead atoms. The van der Waals surface area contributed by atoms with Crippen molar-refractivity contribution in [2.24, 2.45) is 0 Å². The molecule has 0 spiro atoms. The van der Waals surface area contributed by atoms with E-state index in [0.717, 1.165) is 17.2 Å². The molecule has 0 aromatic heterocycles. The molecule has 138 valence electrons. The smallest absolute Gasteiger partial charge is 0.227 e. The lowest BCUT2D eigenvalue weighted by molar-refractivity contribution is -0.130. The van der Waals surface area contributed by atoms with Crippen LogP contribution in [0.15, 0.2) is 42.5 Å². The first-order chi connectivity index (χ1) is 12.6. The molecule has 1 aliphatic rings. The molecule has 1 fully saturated rings. The molecule has 1 saturated heterocycles. The summed E-state index contributed by atoms with van der Waals surface area (Å²) in [6, 6.07) is 12.1. The van der Waals surface area contributed by atoms with E-state index in [4.69, 9.17) is 9.47 Å². The second kappa shape index (κ2) is 8.08. The molecule has 0 unspecified atom stereocenters. The molecule has 1 amide bonds. The van der Waals surface area contributed by atoms with Gasteiger partial charge in [0.1, 0.15) is 17.3 Å². The molecule has 5 nitrogen and oxygen atoms in total. The zero-order valence-electron chi connectivity index (χ0n) is 15.1. The first-order valence-corrected chi connectivity index (χ1v) is 8.60. The Morgan fingerprint density at radius 2 is 1.77 bits per heavy atom. The number of methoxy groups -OCH3 is 2. The summed E-state index contributed by atoms with van der Waals surface area (Å²) in [7, 11) is 3.27. The van der Waals surface area contributed by atoms with Crippen LogP contribution in [0.3, 0.4) is 0 Å². The molecule has 0 aliphatic carbocycles. The third kappa shape index (κ3) is 3.90. The lowest BCUT2D eigenvalue weighted by Crippen LogP contribution is -2.49. The molecule has 0 N–H and O–H groups in total. The topological polar surface area (TPSA) is 42.0 Å². The highest BCUT2D eigenvalue weighted by Crippen LogP contribution is 2.32. The Labute approximate surface area is 152 Å². The van der Waals surface area contributed by atoms with Gasteiger partial charge in [0, 0.05) is 32.2 Å². The van der Waals surface area contributed by atoms with E-state index in [1.165, 1.54) is 6.07 Å². The van der Waals surface area contributed by atoms with E-state index >= 15 is 0 Å². The van der Waals surface area contributed by atoms with Crippen molar-refractivity contribution < 1.29 is 18.7 Å². The number of hydrogen-bond donors (Lipinski definition) is 0. The van der Waals surface area contributed by atoms with Gasteiger partial charge in [-0.15, -0.1) is 0 Å². The van der Waals surface area contributed by atoms with Crippen LogP contribution in [0.2, 0.25) is 0 Å². The fourth-order valence-electron chi connectivity index (χ4n) is 3.16. The third-order valence-corrected chi connectivity index (χ3v) is 4.66. The van der Waals surface area contributed by atoms with Gasteiger partial charge in [-0.2, -0.15) is 0 Å². The van der Waals surface area contributed by atoms with E-state index in [9.17, 15) is 9.18 Å². The molecular formula is C20H23FN2O3. The number of piperazine rings is 1. The van der Waals surface area contributed by atoms with Crippen molar-refractivity contribution in [3.63, 3.8) is 0 Å². The largest absolute Gasteiger partial charge is 0.497 e. The van der Waals surface area contributed by atoms with Crippen molar-refractivity contribution in [3.05, 3.63) is 53.8 Å². The van der Waals surface area contributed by atoms with Gasteiger partial charge >= 0.3 is 0 Å². The fourth-order valence-corrected chi connectivity index (χ4v) is 3.16. The normalized spacial score (nSPS) is 14.3. The predicted molar refractivity (Wildman–Crippen MR) is 98.4 cm³/mol. The Balaban J connectivity index is 1.64. The highest BCUT2D eigenvalue weighted by atomic mass is 19.1. The van der Waals surface area contributed by atoms with Crippen molar-refractivity contribution in [2.45, 2.75) is 6.42 Å². The molecule has 0 radical (unpaired) electrons. The van der Waals surface area contributed by atoms with Crippen LogP contribution in [0.1, 0.15) is 5.56 Å². The van der Waals surface area contributed by atoms with Gasteiger partial charge in [0.25, 0.3) is 0 Å². The summed E-state index contributed by atoms with van der Waals surface area (Å²) >= 11 is 0. The lowest BCUT2D eigenvalue weighted by atomic mass is 10.1.